The van der Waals surface area contributed by atoms with Crippen molar-refractivity contribution in [3.05, 3.63) is 28.8 Å². The van der Waals surface area contributed by atoms with Crippen molar-refractivity contribution in [3.8, 4) is 6.07 Å². The van der Waals surface area contributed by atoms with Gasteiger partial charge in [-0.1, -0.05) is 11.6 Å². The molecule has 1 aromatic rings. The van der Waals surface area contributed by atoms with Gasteiger partial charge in [0.05, 0.1) is 5.56 Å². The van der Waals surface area contributed by atoms with Crippen molar-refractivity contribution in [3.63, 3.8) is 0 Å². The molecule has 20 heavy (non-hydrogen) atoms. The Morgan fingerprint density at radius 3 is 2.80 bits per heavy atom. The number of aliphatic carboxylic acids is 1. The summed E-state index contributed by atoms with van der Waals surface area (Å²) in [4.78, 5) is 10.9. The van der Waals surface area contributed by atoms with Crippen molar-refractivity contribution in [1.82, 2.24) is 4.31 Å². The zero-order valence-corrected chi connectivity index (χ0v) is 11.9. The smallest absolute Gasteiger partial charge is 0.322 e. The fourth-order valence-electron chi connectivity index (χ4n) is 2.22. The molecule has 1 aliphatic heterocycles. The van der Waals surface area contributed by atoms with E-state index in [-0.39, 0.29) is 28.4 Å². The average Bonchev–Trinajstić information content (AvgIpc) is 2.88. The summed E-state index contributed by atoms with van der Waals surface area (Å²) in [5.74, 6) is -1.18. The molecule has 0 saturated carbocycles. The monoisotopic (exact) mass is 314 g/mol. The highest BCUT2D eigenvalue weighted by molar-refractivity contribution is 7.89. The van der Waals surface area contributed by atoms with Gasteiger partial charge in [-0.2, -0.15) is 9.57 Å². The summed E-state index contributed by atoms with van der Waals surface area (Å²) in [5.41, 5.74) is -0.0893. The lowest BCUT2D eigenvalue weighted by atomic mass is 10.2. The minimum Gasteiger partial charge on any atom is -0.480 e. The Bertz CT molecular complexity index is 696. The Morgan fingerprint density at radius 1 is 1.50 bits per heavy atom. The molecule has 0 radical (unpaired) electrons. The Balaban J connectivity index is 2.51. The van der Waals surface area contributed by atoms with Crippen LogP contribution in [0, 0.1) is 11.3 Å². The maximum atomic E-state index is 12.5. The first-order valence-electron chi connectivity index (χ1n) is 5.82. The van der Waals surface area contributed by atoms with Gasteiger partial charge in [0, 0.05) is 11.6 Å². The zero-order chi connectivity index (χ0) is 14.9. The summed E-state index contributed by atoms with van der Waals surface area (Å²) < 4.78 is 25.9. The van der Waals surface area contributed by atoms with Crippen molar-refractivity contribution in [2.45, 2.75) is 23.8 Å². The fraction of sp³-hybridized carbons (Fsp3) is 0.333. The first kappa shape index (κ1) is 14.8. The molecule has 6 nitrogen and oxygen atoms in total. The number of benzene rings is 1. The topological polar surface area (TPSA) is 98.5 Å². The number of halogens is 1. The van der Waals surface area contributed by atoms with Gasteiger partial charge in [0.15, 0.2) is 0 Å². The molecule has 0 spiro atoms. The third kappa shape index (κ3) is 2.50. The van der Waals surface area contributed by atoms with E-state index in [1.165, 1.54) is 18.2 Å². The molecule has 2 rings (SSSR count). The van der Waals surface area contributed by atoms with Gasteiger partial charge < -0.3 is 5.11 Å². The average molecular weight is 315 g/mol. The van der Waals surface area contributed by atoms with E-state index in [0.29, 0.717) is 6.42 Å². The van der Waals surface area contributed by atoms with Gasteiger partial charge in [0.2, 0.25) is 10.0 Å². The number of hydrogen-bond acceptors (Lipinski definition) is 4. The second-order valence-electron chi connectivity index (χ2n) is 4.36. The van der Waals surface area contributed by atoms with Gasteiger partial charge in [0.1, 0.15) is 17.0 Å². The van der Waals surface area contributed by atoms with Crippen molar-refractivity contribution >= 4 is 27.6 Å². The van der Waals surface area contributed by atoms with E-state index >= 15 is 0 Å². The molecule has 1 N–H and O–H groups in total. The Labute approximate surface area is 121 Å². The maximum absolute atomic E-state index is 12.5. The number of carboxylic acid groups (broad SMARTS) is 1. The second-order valence-corrected chi connectivity index (χ2v) is 6.66. The number of nitrogens with zero attached hydrogens (tertiary/aromatic N) is 2. The molecule has 1 heterocycles. The molecule has 0 aliphatic carbocycles. The van der Waals surface area contributed by atoms with Gasteiger partial charge in [-0.25, -0.2) is 8.42 Å². The normalized spacial score (nSPS) is 19.7. The predicted molar refractivity (Wildman–Crippen MR) is 70.7 cm³/mol. The third-order valence-electron chi connectivity index (χ3n) is 3.14. The minimum absolute atomic E-state index is 0.0893. The Morgan fingerprint density at radius 2 is 2.20 bits per heavy atom. The second kappa shape index (κ2) is 5.40. The minimum atomic E-state index is -4.02. The maximum Gasteiger partial charge on any atom is 0.322 e. The number of nitriles is 1. The van der Waals surface area contributed by atoms with Crippen LogP contribution < -0.4 is 0 Å². The molecule has 0 unspecified atom stereocenters. The van der Waals surface area contributed by atoms with Crippen LogP contribution in [0.15, 0.2) is 23.1 Å². The molecule has 1 aromatic carbocycles. The van der Waals surface area contributed by atoms with Crippen LogP contribution in [0.5, 0.6) is 0 Å². The number of sulfonamides is 1. The quantitative estimate of drug-likeness (QED) is 0.910. The predicted octanol–water partition coefficient (Wildman–Crippen LogP) is 1.45. The van der Waals surface area contributed by atoms with E-state index < -0.39 is 22.0 Å². The van der Waals surface area contributed by atoms with Gasteiger partial charge in [-0.05, 0) is 31.0 Å². The summed E-state index contributed by atoms with van der Waals surface area (Å²) in [6.45, 7) is 0.132. The molecule has 0 amide bonds. The largest absolute Gasteiger partial charge is 0.480 e. The van der Waals surface area contributed by atoms with Crippen LogP contribution in [0.3, 0.4) is 0 Å². The molecule has 1 atom stereocenters. The third-order valence-corrected chi connectivity index (χ3v) is 5.34. The molecular formula is C12H11ClN2O4S. The number of rotatable bonds is 3. The van der Waals surface area contributed by atoms with Crippen LogP contribution in [0.4, 0.5) is 0 Å². The summed E-state index contributed by atoms with van der Waals surface area (Å²) in [7, 11) is -4.02. The molecule has 0 aromatic heterocycles. The van der Waals surface area contributed by atoms with E-state index in [2.05, 4.69) is 0 Å². The van der Waals surface area contributed by atoms with E-state index in [1.54, 1.807) is 6.07 Å². The highest BCUT2D eigenvalue weighted by Gasteiger charge is 2.40. The number of carboxylic acids is 1. The van der Waals surface area contributed by atoms with Gasteiger partial charge >= 0.3 is 5.97 Å². The van der Waals surface area contributed by atoms with Crippen LogP contribution in [0.1, 0.15) is 18.4 Å². The molecule has 1 aliphatic rings. The lowest BCUT2D eigenvalue weighted by molar-refractivity contribution is -0.140. The standard InChI is InChI=1S/C12H11ClN2O4S/c13-9-3-4-11(8(6-9)7-14)20(18,19)15-5-1-2-10(15)12(16)17/h3-4,6,10H,1-2,5H2,(H,16,17)/t10-/m1/s1. The van der Waals surface area contributed by atoms with E-state index in [1.807, 2.05) is 0 Å². The van der Waals surface area contributed by atoms with Crippen LogP contribution in [-0.2, 0) is 14.8 Å². The van der Waals surface area contributed by atoms with E-state index in [9.17, 15) is 13.2 Å². The van der Waals surface area contributed by atoms with Crippen LogP contribution in [0.25, 0.3) is 0 Å². The molecule has 106 valence electrons. The molecule has 8 heteroatoms. The number of carbonyl (C=O) groups is 1. The van der Waals surface area contributed by atoms with E-state index in [4.69, 9.17) is 22.0 Å². The molecule has 1 saturated heterocycles. The summed E-state index contributed by atoms with van der Waals surface area (Å²) in [6, 6.07) is 4.53. The van der Waals surface area contributed by atoms with E-state index in [0.717, 1.165) is 4.31 Å². The van der Waals surface area contributed by atoms with Crippen molar-refractivity contribution in [1.29, 1.82) is 5.26 Å². The van der Waals surface area contributed by atoms with Crippen molar-refractivity contribution < 1.29 is 18.3 Å². The zero-order valence-electron chi connectivity index (χ0n) is 10.3. The SMILES string of the molecule is N#Cc1cc(Cl)ccc1S(=O)(=O)N1CCC[C@@H]1C(=O)O. The first-order valence-corrected chi connectivity index (χ1v) is 7.64. The molecule has 1 fully saturated rings. The lowest BCUT2D eigenvalue weighted by Gasteiger charge is -2.21. The molecular weight excluding hydrogens is 304 g/mol. The van der Waals surface area contributed by atoms with Crippen LogP contribution in [-0.4, -0.2) is 36.4 Å². The first-order chi connectivity index (χ1) is 9.37. The highest BCUT2D eigenvalue weighted by Crippen LogP contribution is 2.29. The molecule has 0 bridgehead atoms. The highest BCUT2D eigenvalue weighted by atomic mass is 35.5. The fourth-order valence-corrected chi connectivity index (χ4v) is 4.16. The van der Waals surface area contributed by atoms with Crippen LogP contribution in [0.2, 0.25) is 5.02 Å². The Kier molecular flexibility index (Phi) is 3.99. The van der Waals surface area contributed by atoms with Crippen LogP contribution >= 0.6 is 11.6 Å². The number of hydrogen-bond donors (Lipinski definition) is 1. The van der Waals surface area contributed by atoms with Gasteiger partial charge in [-0.3, -0.25) is 4.79 Å². The summed E-state index contributed by atoms with van der Waals surface area (Å²) in [5, 5.41) is 18.3. The summed E-state index contributed by atoms with van der Waals surface area (Å²) in [6.07, 6.45) is 0.746. The Hall–Kier alpha value is -1.62. The lowest BCUT2D eigenvalue weighted by Crippen LogP contribution is -2.40. The summed E-state index contributed by atoms with van der Waals surface area (Å²) >= 11 is 5.73. The van der Waals surface area contributed by atoms with Crippen molar-refractivity contribution in [2.24, 2.45) is 0 Å². The van der Waals surface area contributed by atoms with Gasteiger partial charge in [-0.15, -0.1) is 0 Å². The van der Waals surface area contributed by atoms with Gasteiger partial charge in [0.25, 0.3) is 0 Å². The van der Waals surface area contributed by atoms with Crippen molar-refractivity contribution in [2.75, 3.05) is 6.54 Å².